The second-order valence-electron chi connectivity index (χ2n) is 4.26. The average Bonchev–Trinajstić information content (AvgIpc) is 3.13. The van der Waals surface area contributed by atoms with Crippen LogP contribution < -0.4 is 5.32 Å². The smallest absolute Gasteiger partial charge is 0.115 e. The van der Waals surface area contributed by atoms with Crippen LogP contribution >= 0.6 is 11.3 Å². The Morgan fingerprint density at radius 2 is 2.26 bits per heavy atom. The fourth-order valence-electron chi connectivity index (χ4n) is 1.93. The summed E-state index contributed by atoms with van der Waals surface area (Å²) in [4.78, 5) is 8.39. The molecule has 0 saturated heterocycles. The van der Waals surface area contributed by atoms with Crippen molar-refractivity contribution in [3.05, 3.63) is 59.6 Å². The summed E-state index contributed by atoms with van der Waals surface area (Å²) in [6.45, 7) is 2.11. The van der Waals surface area contributed by atoms with Crippen LogP contribution in [0, 0.1) is 0 Å². The molecule has 1 aromatic carbocycles. The second kappa shape index (κ2) is 5.24. The number of rotatable bonds is 4. The topological polar surface area (TPSA) is 42.7 Å². The molecule has 19 heavy (non-hydrogen) atoms. The zero-order chi connectivity index (χ0) is 13.1. The van der Waals surface area contributed by atoms with Crippen molar-refractivity contribution in [3.8, 4) is 5.69 Å². The quantitative estimate of drug-likeness (QED) is 0.789. The van der Waals surface area contributed by atoms with Crippen LogP contribution in [-0.2, 0) is 0 Å². The minimum absolute atomic E-state index is 0.207. The molecule has 1 unspecified atom stereocenters. The number of imidazole rings is 1. The van der Waals surface area contributed by atoms with Gasteiger partial charge in [-0.05, 0) is 25.1 Å². The van der Waals surface area contributed by atoms with Crippen molar-refractivity contribution < 1.29 is 0 Å². The van der Waals surface area contributed by atoms with Gasteiger partial charge >= 0.3 is 0 Å². The predicted octanol–water partition coefficient (Wildman–Crippen LogP) is 3.50. The van der Waals surface area contributed by atoms with Crippen molar-refractivity contribution in [3.63, 3.8) is 0 Å². The van der Waals surface area contributed by atoms with Crippen LogP contribution in [0.2, 0.25) is 0 Å². The van der Waals surface area contributed by atoms with Crippen molar-refractivity contribution >= 4 is 17.0 Å². The number of nitrogens with one attached hydrogen (secondary N) is 1. The Labute approximate surface area is 115 Å². The lowest BCUT2D eigenvalue weighted by Crippen LogP contribution is -2.06. The van der Waals surface area contributed by atoms with Crippen LogP contribution in [-0.4, -0.2) is 14.5 Å². The van der Waals surface area contributed by atoms with Gasteiger partial charge in [-0.2, -0.15) is 0 Å². The number of nitrogens with zero attached hydrogens (tertiary/aromatic N) is 3. The summed E-state index contributed by atoms with van der Waals surface area (Å²) in [5.74, 6) is 0. The van der Waals surface area contributed by atoms with Gasteiger partial charge in [0.05, 0.1) is 12.4 Å². The lowest BCUT2D eigenvalue weighted by Gasteiger charge is -2.13. The highest BCUT2D eigenvalue weighted by molar-refractivity contribution is 7.09. The molecule has 0 bridgehead atoms. The molecule has 0 fully saturated rings. The maximum absolute atomic E-state index is 4.33. The first-order valence-corrected chi connectivity index (χ1v) is 6.95. The fourth-order valence-corrected chi connectivity index (χ4v) is 2.57. The predicted molar refractivity (Wildman–Crippen MR) is 77.7 cm³/mol. The second-order valence-corrected chi connectivity index (χ2v) is 5.18. The van der Waals surface area contributed by atoms with E-state index in [1.807, 2.05) is 28.4 Å². The highest BCUT2D eigenvalue weighted by Crippen LogP contribution is 2.22. The van der Waals surface area contributed by atoms with E-state index < -0.39 is 0 Å². The molecule has 0 saturated carbocycles. The van der Waals surface area contributed by atoms with Gasteiger partial charge in [-0.25, -0.2) is 9.97 Å². The largest absolute Gasteiger partial charge is 0.376 e. The fraction of sp³-hybridized carbons (Fsp3) is 0.143. The minimum atomic E-state index is 0.207. The normalized spacial score (nSPS) is 12.3. The number of hydrogen-bond acceptors (Lipinski definition) is 4. The van der Waals surface area contributed by atoms with Crippen molar-refractivity contribution in [1.82, 2.24) is 14.5 Å². The molecule has 4 nitrogen and oxygen atoms in total. The number of benzene rings is 1. The molecule has 0 aliphatic rings. The third-order valence-electron chi connectivity index (χ3n) is 2.85. The van der Waals surface area contributed by atoms with Crippen LogP contribution in [0.5, 0.6) is 0 Å². The number of thiazole rings is 1. The van der Waals surface area contributed by atoms with E-state index in [-0.39, 0.29) is 6.04 Å². The summed E-state index contributed by atoms with van der Waals surface area (Å²) >= 11 is 1.66. The monoisotopic (exact) mass is 270 g/mol. The Bertz CT molecular complexity index is 631. The summed E-state index contributed by atoms with van der Waals surface area (Å²) in [7, 11) is 0. The Morgan fingerprint density at radius 3 is 3.00 bits per heavy atom. The molecule has 1 N–H and O–H groups in total. The molecule has 2 heterocycles. The van der Waals surface area contributed by atoms with Crippen LogP contribution in [0.1, 0.15) is 18.0 Å². The van der Waals surface area contributed by atoms with Gasteiger partial charge in [-0.3, -0.25) is 0 Å². The van der Waals surface area contributed by atoms with Crippen LogP contribution in [0.3, 0.4) is 0 Å². The van der Waals surface area contributed by atoms with E-state index in [0.29, 0.717) is 0 Å². The molecule has 2 aromatic heterocycles. The summed E-state index contributed by atoms with van der Waals surface area (Å²) in [5, 5.41) is 6.55. The molecular formula is C14H14N4S. The average molecular weight is 270 g/mol. The van der Waals surface area contributed by atoms with Gasteiger partial charge in [0.25, 0.3) is 0 Å². The molecule has 3 rings (SSSR count). The van der Waals surface area contributed by atoms with E-state index in [4.69, 9.17) is 0 Å². The van der Waals surface area contributed by atoms with E-state index >= 15 is 0 Å². The third kappa shape index (κ3) is 2.66. The Hall–Kier alpha value is -2.14. The maximum Gasteiger partial charge on any atom is 0.115 e. The lowest BCUT2D eigenvalue weighted by atomic mass is 10.2. The Kier molecular flexibility index (Phi) is 3.29. The molecule has 0 amide bonds. The highest BCUT2D eigenvalue weighted by Gasteiger charge is 2.07. The van der Waals surface area contributed by atoms with Crippen molar-refractivity contribution in [2.24, 2.45) is 0 Å². The molecular weight excluding hydrogens is 256 g/mol. The van der Waals surface area contributed by atoms with Gasteiger partial charge in [0, 0.05) is 35.3 Å². The minimum Gasteiger partial charge on any atom is -0.376 e. The van der Waals surface area contributed by atoms with Crippen molar-refractivity contribution in [1.29, 1.82) is 0 Å². The van der Waals surface area contributed by atoms with Gasteiger partial charge in [0.1, 0.15) is 5.01 Å². The first kappa shape index (κ1) is 11.9. The molecule has 0 aliphatic carbocycles. The first-order valence-electron chi connectivity index (χ1n) is 6.07. The van der Waals surface area contributed by atoms with E-state index in [9.17, 15) is 0 Å². The van der Waals surface area contributed by atoms with Gasteiger partial charge < -0.3 is 9.88 Å². The first-order chi connectivity index (χ1) is 9.33. The molecule has 0 aliphatic heterocycles. The molecule has 96 valence electrons. The number of hydrogen-bond donors (Lipinski definition) is 1. The highest BCUT2D eigenvalue weighted by atomic mass is 32.1. The van der Waals surface area contributed by atoms with E-state index in [2.05, 4.69) is 40.4 Å². The van der Waals surface area contributed by atoms with E-state index in [1.54, 1.807) is 23.9 Å². The molecule has 0 radical (unpaired) electrons. The van der Waals surface area contributed by atoms with Crippen LogP contribution in [0.15, 0.2) is 54.6 Å². The Morgan fingerprint density at radius 1 is 1.32 bits per heavy atom. The summed E-state index contributed by atoms with van der Waals surface area (Å²) in [5.41, 5.74) is 2.17. The van der Waals surface area contributed by atoms with Gasteiger partial charge in [0.15, 0.2) is 0 Å². The molecule has 0 spiro atoms. The zero-order valence-corrected chi connectivity index (χ0v) is 11.3. The standard InChI is InChI=1S/C14H14N4S/c1-11(14-16-6-8-19-14)17-12-3-2-4-13(9-12)18-7-5-15-10-18/h2-11,17H,1H3. The third-order valence-corrected chi connectivity index (χ3v) is 3.81. The van der Waals surface area contributed by atoms with Crippen molar-refractivity contribution in [2.75, 3.05) is 5.32 Å². The zero-order valence-electron chi connectivity index (χ0n) is 10.5. The van der Waals surface area contributed by atoms with Crippen molar-refractivity contribution in [2.45, 2.75) is 13.0 Å². The van der Waals surface area contributed by atoms with E-state index in [1.165, 1.54) is 0 Å². The Balaban J connectivity index is 1.80. The SMILES string of the molecule is CC(Nc1cccc(-n2ccnc2)c1)c1nccs1. The number of aromatic nitrogens is 3. The summed E-state index contributed by atoms with van der Waals surface area (Å²) in [6, 6.07) is 8.46. The van der Waals surface area contributed by atoms with Gasteiger partial charge in [-0.1, -0.05) is 6.07 Å². The van der Waals surface area contributed by atoms with Crippen LogP contribution in [0.4, 0.5) is 5.69 Å². The lowest BCUT2D eigenvalue weighted by molar-refractivity contribution is 0.869. The maximum atomic E-state index is 4.33. The summed E-state index contributed by atoms with van der Waals surface area (Å²) < 4.78 is 1.99. The molecule has 3 aromatic rings. The van der Waals surface area contributed by atoms with Gasteiger partial charge in [0.2, 0.25) is 0 Å². The molecule has 1 atom stereocenters. The van der Waals surface area contributed by atoms with E-state index in [0.717, 1.165) is 16.4 Å². The summed E-state index contributed by atoms with van der Waals surface area (Å²) in [6.07, 6.45) is 7.34. The van der Waals surface area contributed by atoms with Crippen LogP contribution in [0.25, 0.3) is 5.69 Å². The molecule has 5 heteroatoms. The van der Waals surface area contributed by atoms with Gasteiger partial charge in [-0.15, -0.1) is 11.3 Å². The number of anilines is 1.